The predicted octanol–water partition coefficient (Wildman–Crippen LogP) is 4.49. The molecule has 5 nitrogen and oxygen atoms in total. The van der Waals surface area contributed by atoms with Gasteiger partial charge in [0.25, 0.3) is 5.92 Å². The van der Waals surface area contributed by atoms with Crippen LogP contribution in [0.15, 0.2) is 53.6 Å². The summed E-state index contributed by atoms with van der Waals surface area (Å²) in [4.78, 5) is 21.7. The van der Waals surface area contributed by atoms with E-state index in [1.807, 2.05) is 6.07 Å². The average molecular weight is 394 g/mol. The molecule has 5 rings (SSSR count). The molecule has 0 amide bonds. The van der Waals surface area contributed by atoms with Gasteiger partial charge in [0, 0.05) is 30.3 Å². The molecule has 1 aromatic carbocycles. The number of nitrogens with zero attached hydrogens (tertiary/aromatic N) is 4. The van der Waals surface area contributed by atoms with E-state index < -0.39 is 11.6 Å². The second-order valence-electron chi connectivity index (χ2n) is 7.82. The fourth-order valence-electron chi connectivity index (χ4n) is 3.84. The number of hydrogen-bond acceptors (Lipinski definition) is 3. The average Bonchev–Trinajstić information content (AvgIpc) is 3.39. The molecule has 0 N–H and O–H groups in total. The van der Waals surface area contributed by atoms with E-state index in [0.29, 0.717) is 35.0 Å². The predicted molar refractivity (Wildman–Crippen MR) is 107 cm³/mol. The lowest BCUT2D eigenvalue weighted by Crippen LogP contribution is -2.25. The monoisotopic (exact) mass is 394 g/mol. The first-order valence-corrected chi connectivity index (χ1v) is 9.78. The second-order valence-corrected chi connectivity index (χ2v) is 7.82. The molecule has 148 valence electrons. The van der Waals surface area contributed by atoms with E-state index in [-0.39, 0.29) is 5.56 Å². The van der Waals surface area contributed by atoms with E-state index in [1.54, 1.807) is 35.0 Å². The Kier molecular flexibility index (Phi) is 4.01. The van der Waals surface area contributed by atoms with Gasteiger partial charge < -0.3 is 0 Å². The molecule has 1 saturated carbocycles. The Balaban J connectivity index is 1.80. The van der Waals surface area contributed by atoms with Crippen LogP contribution in [0.2, 0.25) is 0 Å². The lowest BCUT2D eigenvalue weighted by atomic mass is 10.0. The zero-order valence-electron chi connectivity index (χ0n) is 16.0. The van der Waals surface area contributed by atoms with Gasteiger partial charge in [0.1, 0.15) is 11.5 Å². The maximum atomic E-state index is 14.1. The number of imidazole rings is 1. The minimum atomic E-state index is -3.01. The molecule has 29 heavy (non-hydrogen) atoms. The zero-order chi connectivity index (χ0) is 20.2. The van der Waals surface area contributed by atoms with E-state index >= 15 is 0 Å². The zero-order valence-corrected chi connectivity index (χ0v) is 16.0. The molecule has 0 saturated heterocycles. The normalized spacial score (nSPS) is 14.7. The first kappa shape index (κ1) is 18.0. The van der Waals surface area contributed by atoms with Crippen molar-refractivity contribution in [3.8, 4) is 5.82 Å². The van der Waals surface area contributed by atoms with E-state index in [9.17, 15) is 13.6 Å². The Morgan fingerprint density at radius 3 is 2.79 bits per heavy atom. The van der Waals surface area contributed by atoms with Crippen molar-refractivity contribution < 1.29 is 8.78 Å². The van der Waals surface area contributed by atoms with E-state index in [2.05, 4.69) is 9.97 Å². The number of halogens is 2. The number of alkyl halides is 2. The second kappa shape index (κ2) is 6.47. The third kappa shape index (κ3) is 3.20. The lowest BCUT2D eigenvalue weighted by molar-refractivity contribution is 0.0176. The molecule has 0 aliphatic heterocycles. The number of hydrogen-bond donors (Lipinski definition) is 0. The number of aryl methyl sites for hydroxylation is 1. The Hall–Kier alpha value is -3.09. The van der Waals surface area contributed by atoms with Gasteiger partial charge in [-0.1, -0.05) is 31.0 Å². The highest BCUT2D eigenvalue weighted by Crippen LogP contribution is 2.35. The number of pyridine rings is 1. The standard InChI is InChI=1S/C22H20F2N4O/c1-22(23,24)15-8-9-16-17(10-7-14-5-6-14)26-21(29)28(18(16)13-15)20-4-2-3-19-25-11-12-27(19)20/h2-4,8-9,11-14H,5-7,10H2,1H3. The lowest BCUT2D eigenvalue weighted by Gasteiger charge is -2.17. The summed E-state index contributed by atoms with van der Waals surface area (Å²) >= 11 is 0. The summed E-state index contributed by atoms with van der Waals surface area (Å²) in [6.45, 7) is 0.863. The summed E-state index contributed by atoms with van der Waals surface area (Å²) < 4.78 is 31.3. The molecule has 1 aliphatic rings. The smallest absolute Gasteiger partial charge is 0.285 e. The number of aromatic nitrogens is 4. The molecule has 1 aliphatic carbocycles. The maximum absolute atomic E-state index is 14.1. The Morgan fingerprint density at radius 2 is 2.03 bits per heavy atom. The minimum Gasteiger partial charge on any atom is -0.285 e. The molecule has 4 aromatic rings. The Labute approximate surface area is 165 Å². The summed E-state index contributed by atoms with van der Waals surface area (Å²) in [5.74, 6) is -1.80. The molecule has 0 spiro atoms. The van der Waals surface area contributed by atoms with Crippen molar-refractivity contribution in [2.24, 2.45) is 5.92 Å². The molecule has 3 aromatic heterocycles. The molecular weight excluding hydrogens is 374 g/mol. The van der Waals surface area contributed by atoms with Crippen LogP contribution in [0.4, 0.5) is 8.78 Å². The molecule has 1 fully saturated rings. The third-order valence-corrected chi connectivity index (χ3v) is 5.60. The molecule has 0 atom stereocenters. The first-order chi connectivity index (χ1) is 13.9. The largest absolute Gasteiger partial charge is 0.354 e. The third-order valence-electron chi connectivity index (χ3n) is 5.60. The van der Waals surface area contributed by atoms with Crippen molar-refractivity contribution in [3.63, 3.8) is 0 Å². The van der Waals surface area contributed by atoms with Gasteiger partial charge in [0.15, 0.2) is 0 Å². The van der Waals surface area contributed by atoms with Gasteiger partial charge in [-0.15, -0.1) is 0 Å². The highest BCUT2D eigenvalue weighted by molar-refractivity contribution is 5.83. The highest BCUT2D eigenvalue weighted by atomic mass is 19.3. The van der Waals surface area contributed by atoms with Gasteiger partial charge in [0.2, 0.25) is 0 Å². The summed E-state index contributed by atoms with van der Waals surface area (Å²) in [5, 5.41) is 0.732. The van der Waals surface area contributed by atoms with Crippen LogP contribution in [0.5, 0.6) is 0 Å². The Morgan fingerprint density at radius 1 is 1.21 bits per heavy atom. The minimum absolute atomic E-state index is 0.129. The molecule has 0 radical (unpaired) electrons. The van der Waals surface area contributed by atoms with Gasteiger partial charge in [-0.2, -0.15) is 4.98 Å². The van der Waals surface area contributed by atoms with Gasteiger partial charge in [-0.25, -0.2) is 23.1 Å². The van der Waals surface area contributed by atoms with Crippen molar-refractivity contribution >= 4 is 16.6 Å². The van der Waals surface area contributed by atoms with E-state index in [1.165, 1.54) is 29.5 Å². The van der Waals surface area contributed by atoms with Crippen molar-refractivity contribution in [2.45, 2.75) is 38.5 Å². The van der Waals surface area contributed by atoms with Crippen LogP contribution in [0.3, 0.4) is 0 Å². The summed E-state index contributed by atoms with van der Waals surface area (Å²) in [6, 6.07) is 9.88. The fraction of sp³-hybridized carbons (Fsp3) is 0.318. The van der Waals surface area contributed by atoms with Crippen LogP contribution in [0.1, 0.15) is 37.4 Å². The molecular formula is C22H20F2N4O. The first-order valence-electron chi connectivity index (χ1n) is 9.78. The quantitative estimate of drug-likeness (QED) is 0.501. The van der Waals surface area contributed by atoms with Gasteiger partial charge >= 0.3 is 5.69 Å². The van der Waals surface area contributed by atoms with Gasteiger partial charge in [0.05, 0.1) is 11.2 Å². The van der Waals surface area contributed by atoms with Crippen molar-refractivity contribution in [1.82, 2.24) is 18.9 Å². The van der Waals surface area contributed by atoms with Crippen LogP contribution in [-0.4, -0.2) is 18.9 Å². The molecule has 0 unspecified atom stereocenters. The summed E-state index contributed by atoms with van der Waals surface area (Å²) in [5.41, 5.74) is 1.18. The van der Waals surface area contributed by atoms with Crippen LogP contribution >= 0.6 is 0 Å². The fourth-order valence-corrected chi connectivity index (χ4v) is 3.84. The van der Waals surface area contributed by atoms with E-state index in [0.717, 1.165) is 18.7 Å². The topological polar surface area (TPSA) is 52.2 Å². The summed E-state index contributed by atoms with van der Waals surface area (Å²) in [7, 11) is 0. The molecule has 0 bridgehead atoms. The van der Waals surface area contributed by atoms with Crippen LogP contribution < -0.4 is 5.69 Å². The highest BCUT2D eigenvalue weighted by Gasteiger charge is 2.26. The molecule has 3 heterocycles. The number of fused-ring (bicyclic) bond motifs is 2. The van der Waals surface area contributed by atoms with Crippen LogP contribution in [-0.2, 0) is 12.3 Å². The van der Waals surface area contributed by atoms with Crippen LogP contribution in [0.25, 0.3) is 22.4 Å². The summed E-state index contributed by atoms with van der Waals surface area (Å²) in [6.07, 6.45) is 7.44. The number of benzene rings is 1. The van der Waals surface area contributed by atoms with Crippen LogP contribution in [0, 0.1) is 5.92 Å². The number of rotatable bonds is 5. The molecule has 7 heteroatoms. The van der Waals surface area contributed by atoms with Crippen molar-refractivity contribution in [2.75, 3.05) is 0 Å². The van der Waals surface area contributed by atoms with Crippen molar-refractivity contribution in [3.05, 3.63) is 70.5 Å². The Bertz CT molecular complexity index is 1280. The van der Waals surface area contributed by atoms with Gasteiger partial charge in [-0.05, 0) is 37.0 Å². The maximum Gasteiger partial charge on any atom is 0.354 e. The SMILES string of the molecule is CC(F)(F)c1ccc2c(CCC3CC3)nc(=O)n(-c3cccc4nccn34)c2c1. The van der Waals surface area contributed by atoms with Gasteiger partial charge in [-0.3, -0.25) is 4.40 Å². The van der Waals surface area contributed by atoms with E-state index in [4.69, 9.17) is 0 Å². The van der Waals surface area contributed by atoms with Crippen molar-refractivity contribution in [1.29, 1.82) is 0 Å².